The fraction of sp³-hybridized carbons (Fsp3) is 0.381. The van der Waals surface area contributed by atoms with Crippen LogP contribution in [0.25, 0.3) is 0 Å². The van der Waals surface area contributed by atoms with Gasteiger partial charge in [0, 0.05) is 39.9 Å². The minimum absolute atomic E-state index is 0.0664. The second-order valence-corrected chi connectivity index (χ2v) is 6.76. The van der Waals surface area contributed by atoms with Gasteiger partial charge < -0.3 is 20.3 Å². The lowest BCUT2D eigenvalue weighted by Crippen LogP contribution is -2.36. The first kappa shape index (κ1) is 22.5. The summed E-state index contributed by atoms with van der Waals surface area (Å²) in [7, 11) is 5.70. The lowest BCUT2D eigenvalue weighted by atomic mass is 10.1. The van der Waals surface area contributed by atoms with E-state index in [1.807, 2.05) is 31.1 Å². The first-order chi connectivity index (χ1) is 13.8. The molecule has 2 rings (SSSR count). The molecular formula is C21H27F3N4O. The van der Waals surface area contributed by atoms with Crippen LogP contribution in [0.15, 0.2) is 53.5 Å². The van der Waals surface area contributed by atoms with Gasteiger partial charge in [-0.2, -0.15) is 13.2 Å². The Balaban J connectivity index is 1.77. The summed E-state index contributed by atoms with van der Waals surface area (Å²) in [5.41, 5.74) is 3.97. The first-order valence-electron chi connectivity index (χ1n) is 9.20. The van der Waals surface area contributed by atoms with E-state index in [0.29, 0.717) is 24.6 Å². The van der Waals surface area contributed by atoms with Crippen molar-refractivity contribution in [1.29, 1.82) is 0 Å². The molecule has 0 saturated heterocycles. The number of halogens is 3. The van der Waals surface area contributed by atoms with Gasteiger partial charge in [0.2, 0.25) is 0 Å². The molecule has 5 nitrogen and oxygen atoms in total. The van der Waals surface area contributed by atoms with Crippen molar-refractivity contribution >= 4 is 11.6 Å². The van der Waals surface area contributed by atoms with E-state index in [0.717, 1.165) is 16.8 Å². The SMILES string of the molecule is CN=C(NCc1ccc(COCC(F)(F)F)cc1)NCc1ccc(N(C)C)cc1. The zero-order valence-corrected chi connectivity index (χ0v) is 16.9. The Kier molecular flexibility index (Phi) is 8.33. The molecule has 0 saturated carbocycles. The zero-order chi connectivity index (χ0) is 21.3. The molecule has 8 heteroatoms. The van der Waals surface area contributed by atoms with Crippen LogP contribution in [0.3, 0.4) is 0 Å². The van der Waals surface area contributed by atoms with E-state index < -0.39 is 12.8 Å². The molecule has 0 heterocycles. The predicted octanol–water partition coefficient (Wildman–Crippen LogP) is 3.70. The number of rotatable bonds is 8. The minimum atomic E-state index is -4.30. The Morgan fingerprint density at radius 3 is 1.83 bits per heavy atom. The molecule has 0 atom stereocenters. The van der Waals surface area contributed by atoms with Crippen molar-refractivity contribution in [3.05, 3.63) is 65.2 Å². The number of aliphatic imine (C=N–C) groups is 1. The fourth-order valence-corrected chi connectivity index (χ4v) is 2.54. The van der Waals surface area contributed by atoms with Gasteiger partial charge in [0.05, 0.1) is 6.61 Å². The average Bonchev–Trinajstić information content (AvgIpc) is 2.68. The molecule has 0 radical (unpaired) electrons. The van der Waals surface area contributed by atoms with Crippen molar-refractivity contribution in [2.45, 2.75) is 25.9 Å². The van der Waals surface area contributed by atoms with Gasteiger partial charge in [0.15, 0.2) is 5.96 Å². The van der Waals surface area contributed by atoms with Gasteiger partial charge in [-0.15, -0.1) is 0 Å². The number of anilines is 1. The van der Waals surface area contributed by atoms with E-state index in [1.54, 1.807) is 19.2 Å². The fourth-order valence-electron chi connectivity index (χ4n) is 2.54. The van der Waals surface area contributed by atoms with Crippen molar-refractivity contribution in [3.8, 4) is 0 Å². The average molecular weight is 408 g/mol. The molecule has 0 fully saturated rings. The van der Waals surface area contributed by atoms with E-state index >= 15 is 0 Å². The van der Waals surface area contributed by atoms with E-state index in [9.17, 15) is 13.2 Å². The van der Waals surface area contributed by atoms with Gasteiger partial charge in [-0.3, -0.25) is 4.99 Å². The van der Waals surface area contributed by atoms with Crippen LogP contribution in [0.4, 0.5) is 18.9 Å². The molecular weight excluding hydrogens is 381 g/mol. The zero-order valence-electron chi connectivity index (χ0n) is 16.9. The number of nitrogens with one attached hydrogen (secondary N) is 2. The summed E-state index contributed by atoms with van der Waals surface area (Å²) >= 11 is 0. The summed E-state index contributed by atoms with van der Waals surface area (Å²) < 4.78 is 41.0. The number of benzene rings is 2. The lowest BCUT2D eigenvalue weighted by molar-refractivity contribution is -0.176. The number of hydrogen-bond donors (Lipinski definition) is 2. The summed E-state index contributed by atoms with van der Waals surface area (Å²) in [5, 5.41) is 6.48. The van der Waals surface area contributed by atoms with Crippen molar-refractivity contribution in [3.63, 3.8) is 0 Å². The number of ether oxygens (including phenoxy) is 1. The first-order valence-corrected chi connectivity index (χ1v) is 9.20. The third-order valence-corrected chi connectivity index (χ3v) is 4.15. The van der Waals surface area contributed by atoms with Crippen LogP contribution < -0.4 is 15.5 Å². The summed E-state index contributed by atoms with van der Waals surface area (Å²) in [6.07, 6.45) is -4.30. The van der Waals surface area contributed by atoms with Gasteiger partial charge >= 0.3 is 6.18 Å². The maximum atomic E-state index is 12.1. The van der Waals surface area contributed by atoms with Crippen molar-refractivity contribution in [1.82, 2.24) is 10.6 Å². The smallest absolute Gasteiger partial charge is 0.378 e. The summed E-state index contributed by atoms with van der Waals surface area (Å²) in [6.45, 7) is -0.120. The molecule has 0 unspecified atom stereocenters. The summed E-state index contributed by atoms with van der Waals surface area (Å²) in [4.78, 5) is 6.25. The summed E-state index contributed by atoms with van der Waals surface area (Å²) in [6, 6.07) is 15.5. The third kappa shape index (κ3) is 8.43. The highest BCUT2D eigenvalue weighted by Crippen LogP contribution is 2.16. The molecule has 2 aromatic rings. The van der Waals surface area contributed by atoms with Gasteiger partial charge in [0.1, 0.15) is 6.61 Å². The second kappa shape index (κ2) is 10.7. The van der Waals surface area contributed by atoms with E-state index in [1.165, 1.54) is 0 Å². The Hall–Kier alpha value is -2.74. The van der Waals surface area contributed by atoms with Gasteiger partial charge in [-0.1, -0.05) is 36.4 Å². The number of nitrogens with zero attached hydrogens (tertiary/aromatic N) is 2. The van der Waals surface area contributed by atoms with Crippen LogP contribution in [0.5, 0.6) is 0 Å². The van der Waals surface area contributed by atoms with Crippen LogP contribution in [-0.4, -0.2) is 39.9 Å². The maximum absolute atomic E-state index is 12.1. The molecule has 0 aliphatic rings. The van der Waals surface area contributed by atoms with Crippen LogP contribution in [0.1, 0.15) is 16.7 Å². The normalized spacial score (nSPS) is 12.0. The predicted molar refractivity (Wildman–Crippen MR) is 110 cm³/mol. The lowest BCUT2D eigenvalue weighted by Gasteiger charge is -2.14. The highest BCUT2D eigenvalue weighted by Gasteiger charge is 2.27. The van der Waals surface area contributed by atoms with Gasteiger partial charge in [-0.25, -0.2) is 0 Å². The standard InChI is InChI=1S/C21H27F3N4O/c1-25-20(27-13-17-8-10-19(11-9-17)28(2)3)26-12-16-4-6-18(7-5-16)14-29-15-21(22,23)24/h4-11H,12-15H2,1-3H3,(H2,25,26,27). The highest BCUT2D eigenvalue weighted by atomic mass is 19.4. The quantitative estimate of drug-likeness (QED) is 0.517. The highest BCUT2D eigenvalue weighted by molar-refractivity contribution is 5.79. The molecule has 29 heavy (non-hydrogen) atoms. The molecule has 2 aromatic carbocycles. The maximum Gasteiger partial charge on any atom is 0.411 e. The Labute approximate surface area is 169 Å². The number of hydrogen-bond acceptors (Lipinski definition) is 3. The number of alkyl halides is 3. The van der Waals surface area contributed by atoms with Crippen molar-refractivity contribution in [2.75, 3.05) is 32.6 Å². The van der Waals surface area contributed by atoms with Crippen LogP contribution in [0.2, 0.25) is 0 Å². The van der Waals surface area contributed by atoms with E-state index in [2.05, 4.69) is 44.6 Å². The molecule has 2 N–H and O–H groups in total. The van der Waals surface area contributed by atoms with Crippen LogP contribution in [-0.2, 0) is 24.4 Å². The summed E-state index contributed by atoms with van der Waals surface area (Å²) in [5.74, 6) is 0.666. The molecule has 0 aliphatic heterocycles. The Morgan fingerprint density at radius 2 is 1.38 bits per heavy atom. The number of guanidine groups is 1. The van der Waals surface area contributed by atoms with Gasteiger partial charge in [-0.05, 0) is 28.8 Å². The molecule has 0 spiro atoms. The minimum Gasteiger partial charge on any atom is -0.378 e. The van der Waals surface area contributed by atoms with Gasteiger partial charge in [0.25, 0.3) is 0 Å². The van der Waals surface area contributed by atoms with Crippen LogP contribution >= 0.6 is 0 Å². The third-order valence-electron chi connectivity index (χ3n) is 4.15. The van der Waals surface area contributed by atoms with Crippen LogP contribution in [0, 0.1) is 0 Å². The van der Waals surface area contributed by atoms with Crippen molar-refractivity contribution < 1.29 is 17.9 Å². The molecule has 0 aliphatic carbocycles. The molecule has 0 amide bonds. The molecule has 0 aromatic heterocycles. The van der Waals surface area contributed by atoms with Crippen molar-refractivity contribution in [2.24, 2.45) is 4.99 Å². The molecule has 0 bridgehead atoms. The largest absolute Gasteiger partial charge is 0.411 e. The van der Waals surface area contributed by atoms with E-state index in [-0.39, 0.29) is 6.61 Å². The Bertz CT molecular complexity index is 772. The second-order valence-electron chi connectivity index (χ2n) is 6.76. The topological polar surface area (TPSA) is 48.9 Å². The Morgan fingerprint density at radius 1 is 0.897 bits per heavy atom. The monoisotopic (exact) mass is 408 g/mol. The van der Waals surface area contributed by atoms with E-state index in [4.69, 9.17) is 0 Å². The molecule has 158 valence electrons.